The molecule has 7 heteroatoms. The Morgan fingerprint density at radius 3 is 2.28 bits per heavy atom. The van der Waals surface area contributed by atoms with Crippen LogP contribution in [0.25, 0.3) is 0 Å². The second-order valence-corrected chi connectivity index (χ2v) is 9.72. The standard InChI is InChI=1S/C22H40N6S/c1-6-9-22(10-7-2,27(5)8-3)13-19-24-20(26-21(29)25-19)28-14-17-11-16(4)12-18(15-28)23-17/h16-18,23H,6-15H2,1-5H3,(H,24,25,26,29). The van der Waals surface area contributed by atoms with Crippen molar-refractivity contribution in [2.75, 3.05) is 31.6 Å². The van der Waals surface area contributed by atoms with E-state index in [9.17, 15) is 0 Å². The Hall–Kier alpha value is -1.05. The lowest BCUT2D eigenvalue weighted by Crippen LogP contribution is -2.60. The van der Waals surface area contributed by atoms with Crippen LogP contribution in [0.4, 0.5) is 5.95 Å². The highest BCUT2D eigenvalue weighted by atomic mass is 32.1. The molecule has 0 amide bonds. The minimum absolute atomic E-state index is 0.123. The third-order valence-corrected chi connectivity index (χ3v) is 7.11. The van der Waals surface area contributed by atoms with Crippen LogP contribution in [0, 0.1) is 10.7 Å². The van der Waals surface area contributed by atoms with Crippen molar-refractivity contribution in [2.45, 2.75) is 90.3 Å². The number of nitrogens with zero attached hydrogens (tertiary/aromatic N) is 4. The van der Waals surface area contributed by atoms with E-state index in [1.807, 2.05) is 0 Å². The van der Waals surface area contributed by atoms with E-state index in [4.69, 9.17) is 12.2 Å². The van der Waals surface area contributed by atoms with E-state index >= 15 is 0 Å². The molecule has 3 heterocycles. The number of nitrogens with one attached hydrogen (secondary N) is 2. The molecule has 1 aromatic heterocycles. The van der Waals surface area contributed by atoms with Crippen molar-refractivity contribution in [2.24, 2.45) is 5.92 Å². The molecule has 0 radical (unpaired) electrons. The molecule has 2 aliphatic heterocycles. The van der Waals surface area contributed by atoms with E-state index in [0.29, 0.717) is 16.9 Å². The van der Waals surface area contributed by atoms with Gasteiger partial charge in [-0.1, -0.05) is 40.5 Å². The van der Waals surface area contributed by atoms with Crippen molar-refractivity contribution in [3.05, 3.63) is 10.6 Å². The summed E-state index contributed by atoms with van der Waals surface area (Å²) < 4.78 is 0.465. The average molecular weight is 421 g/mol. The number of aromatic amines is 1. The molecule has 2 N–H and O–H groups in total. The number of fused-ring (bicyclic) bond motifs is 2. The van der Waals surface area contributed by atoms with E-state index in [0.717, 1.165) is 43.7 Å². The van der Waals surface area contributed by atoms with Crippen LogP contribution in [0.1, 0.15) is 72.0 Å². The molecule has 2 fully saturated rings. The summed E-state index contributed by atoms with van der Waals surface area (Å²) in [5, 5.41) is 3.77. The zero-order chi connectivity index (χ0) is 21.0. The lowest BCUT2D eigenvalue weighted by Gasteiger charge is -2.45. The SMILES string of the molecule is CCCC(CCC)(Cc1nc(=S)nc(N2CC3CC(C)CC(C2)N3)[nH]1)N(C)CC. The van der Waals surface area contributed by atoms with Crippen LogP contribution in [0.5, 0.6) is 0 Å². The predicted molar refractivity (Wildman–Crippen MR) is 123 cm³/mol. The van der Waals surface area contributed by atoms with Crippen LogP contribution in [0.3, 0.4) is 0 Å². The summed E-state index contributed by atoms with van der Waals surface area (Å²) in [6, 6.07) is 1.09. The van der Waals surface area contributed by atoms with Gasteiger partial charge in [-0.15, -0.1) is 0 Å². The minimum atomic E-state index is 0.123. The normalized spacial score (nSPS) is 24.9. The lowest BCUT2D eigenvalue weighted by atomic mass is 9.83. The Kier molecular flexibility index (Phi) is 7.68. The van der Waals surface area contributed by atoms with Gasteiger partial charge < -0.3 is 20.1 Å². The largest absolute Gasteiger partial charge is 0.339 e. The van der Waals surface area contributed by atoms with Crippen molar-refractivity contribution in [1.29, 1.82) is 0 Å². The van der Waals surface area contributed by atoms with Gasteiger partial charge in [0, 0.05) is 37.1 Å². The smallest absolute Gasteiger partial charge is 0.224 e. The van der Waals surface area contributed by atoms with Gasteiger partial charge in [-0.3, -0.25) is 0 Å². The minimum Gasteiger partial charge on any atom is -0.339 e. The molecular formula is C22H40N6S. The Morgan fingerprint density at radius 2 is 1.72 bits per heavy atom. The number of H-pyrrole nitrogens is 1. The first-order valence-corrected chi connectivity index (χ1v) is 12.0. The van der Waals surface area contributed by atoms with Crippen LogP contribution >= 0.6 is 12.2 Å². The molecule has 2 unspecified atom stereocenters. The van der Waals surface area contributed by atoms with Gasteiger partial charge in [-0.2, -0.15) is 4.98 Å². The Morgan fingerprint density at radius 1 is 1.10 bits per heavy atom. The quantitative estimate of drug-likeness (QED) is 0.590. The summed E-state index contributed by atoms with van der Waals surface area (Å²) in [5.41, 5.74) is 0.123. The third kappa shape index (κ3) is 5.36. The molecule has 2 saturated heterocycles. The van der Waals surface area contributed by atoms with Crippen LogP contribution < -0.4 is 10.2 Å². The first-order valence-electron chi connectivity index (χ1n) is 11.6. The highest BCUT2D eigenvalue weighted by molar-refractivity contribution is 7.71. The molecule has 29 heavy (non-hydrogen) atoms. The molecule has 0 saturated carbocycles. The van der Waals surface area contributed by atoms with Gasteiger partial charge in [-0.05, 0) is 57.4 Å². The summed E-state index contributed by atoms with van der Waals surface area (Å²) in [4.78, 5) is 17.8. The molecule has 3 rings (SSSR count). The number of anilines is 1. The molecule has 6 nitrogen and oxygen atoms in total. The molecule has 2 aliphatic rings. The van der Waals surface area contributed by atoms with Crippen LogP contribution in [-0.2, 0) is 6.42 Å². The number of rotatable bonds is 9. The molecule has 0 aromatic carbocycles. The van der Waals surface area contributed by atoms with Crippen molar-refractivity contribution in [1.82, 2.24) is 25.2 Å². The number of hydrogen-bond acceptors (Lipinski definition) is 6. The van der Waals surface area contributed by atoms with E-state index in [1.165, 1.54) is 38.5 Å². The van der Waals surface area contributed by atoms with Crippen LogP contribution in [-0.4, -0.2) is 64.2 Å². The van der Waals surface area contributed by atoms with Crippen LogP contribution in [0.15, 0.2) is 0 Å². The Balaban J connectivity index is 1.85. The predicted octanol–water partition coefficient (Wildman–Crippen LogP) is 3.94. The van der Waals surface area contributed by atoms with Gasteiger partial charge in [0.05, 0.1) is 0 Å². The van der Waals surface area contributed by atoms with Crippen molar-refractivity contribution >= 4 is 18.2 Å². The maximum Gasteiger partial charge on any atom is 0.224 e. The van der Waals surface area contributed by atoms with Gasteiger partial charge >= 0.3 is 0 Å². The molecule has 1 aromatic rings. The average Bonchev–Trinajstić information content (AvgIpc) is 2.66. The number of hydrogen-bond donors (Lipinski definition) is 2. The first-order chi connectivity index (χ1) is 13.9. The molecule has 0 spiro atoms. The fourth-order valence-corrected chi connectivity index (χ4v) is 5.81. The van der Waals surface area contributed by atoms with E-state index in [-0.39, 0.29) is 5.54 Å². The monoisotopic (exact) mass is 420 g/mol. The summed E-state index contributed by atoms with van der Waals surface area (Å²) >= 11 is 5.49. The topological polar surface area (TPSA) is 60.1 Å². The molecule has 2 bridgehead atoms. The van der Waals surface area contributed by atoms with E-state index in [1.54, 1.807) is 0 Å². The second-order valence-electron chi connectivity index (χ2n) is 9.36. The molecule has 0 aliphatic carbocycles. The summed E-state index contributed by atoms with van der Waals surface area (Å²) in [5.74, 6) is 2.70. The van der Waals surface area contributed by atoms with Gasteiger partial charge in [0.2, 0.25) is 10.7 Å². The second kappa shape index (κ2) is 9.84. The fraction of sp³-hybridized carbons (Fsp3) is 0.864. The van der Waals surface area contributed by atoms with Crippen LogP contribution in [0.2, 0.25) is 0 Å². The number of likely N-dealkylation sites (N-methyl/N-ethyl adjacent to an activating group) is 1. The fourth-order valence-electron chi connectivity index (χ4n) is 5.62. The highest BCUT2D eigenvalue weighted by Gasteiger charge is 2.35. The lowest BCUT2D eigenvalue weighted by molar-refractivity contribution is 0.0984. The van der Waals surface area contributed by atoms with Crippen molar-refractivity contribution < 1.29 is 0 Å². The van der Waals surface area contributed by atoms with Crippen molar-refractivity contribution in [3.63, 3.8) is 0 Å². The molecular weight excluding hydrogens is 380 g/mol. The van der Waals surface area contributed by atoms with E-state index < -0.39 is 0 Å². The number of piperazine rings is 1. The Bertz CT molecular complexity index is 695. The first kappa shape index (κ1) is 22.6. The van der Waals surface area contributed by atoms with Crippen molar-refractivity contribution in [3.8, 4) is 0 Å². The van der Waals surface area contributed by atoms with Gasteiger partial charge in [0.25, 0.3) is 0 Å². The highest BCUT2D eigenvalue weighted by Crippen LogP contribution is 2.30. The summed E-state index contributed by atoms with van der Waals surface area (Å²) in [6.45, 7) is 12.2. The van der Waals surface area contributed by atoms with Gasteiger partial charge in [0.1, 0.15) is 5.82 Å². The Labute approximate surface area is 181 Å². The van der Waals surface area contributed by atoms with Gasteiger partial charge in [-0.25, -0.2) is 4.98 Å². The zero-order valence-electron chi connectivity index (χ0n) is 19.0. The van der Waals surface area contributed by atoms with E-state index in [2.05, 4.69) is 64.8 Å². The molecule has 2 atom stereocenters. The number of aromatic nitrogens is 3. The summed E-state index contributed by atoms with van der Waals surface area (Å²) in [7, 11) is 2.25. The zero-order valence-corrected chi connectivity index (χ0v) is 19.8. The summed E-state index contributed by atoms with van der Waals surface area (Å²) in [6.07, 6.45) is 8.05. The third-order valence-electron chi connectivity index (χ3n) is 6.93. The number of piperidine rings is 1. The van der Waals surface area contributed by atoms with Gasteiger partial charge in [0.15, 0.2) is 0 Å². The molecule has 164 valence electrons. The maximum absolute atomic E-state index is 5.49. The maximum atomic E-state index is 5.49.